The topological polar surface area (TPSA) is 60.3 Å². The number of hydrogen-bond donors (Lipinski definition) is 1. The van der Waals surface area contributed by atoms with Gasteiger partial charge < -0.3 is 5.32 Å². The first-order valence-electron chi connectivity index (χ1n) is 8.68. The standard InChI is InChI=1S/C19H15F4N5O/c1-27-18-25-9-15(11-6-13(21)16(23)14(22)7-11)28(18)17(26-19(27)29)24-8-10-3-2-4-12(20)5-10/h2-7,15H,8-9H2,1H3,(H,24,26,29). The lowest BCUT2D eigenvalue weighted by Crippen LogP contribution is -2.54. The van der Waals surface area contributed by atoms with Crippen molar-refractivity contribution < 1.29 is 22.4 Å². The molecule has 4 rings (SSSR count). The zero-order valence-corrected chi connectivity index (χ0v) is 15.2. The number of carbonyl (C=O) groups excluding carboxylic acids is 1. The van der Waals surface area contributed by atoms with E-state index in [9.17, 15) is 22.4 Å². The molecule has 0 bridgehead atoms. The van der Waals surface area contributed by atoms with E-state index < -0.39 is 35.3 Å². The van der Waals surface area contributed by atoms with Crippen molar-refractivity contribution in [2.75, 3.05) is 13.6 Å². The lowest BCUT2D eigenvalue weighted by atomic mass is 10.1. The summed E-state index contributed by atoms with van der Waals surface area (Å²) in [5, 5.41) is 2.95. The van der Waals surface area contributed by atoms with Crippen LogP contribution in [0.4, 0.5) is 22.4 Å². The van der Waals surface area contributed by atoms with E-state index in [1.165, 1.54) is 29.0 Å². The number of aliphatic imine (C=N–C) groups is 2. The summed E-state index contributed by atoms with van der Waals surface area (Å²) in [5.41, 5.74) is 0.746. The smallest absolute Gasteiger partial charge is 0.351 e. The molecule has 150 valence electrons. The van der Waals surface area contributed by atoms with E-state index in [1.807, 2.05) is 0 Å². The third-order valence-electron chi connectivity index (χ3n) is 4.68. The summed E-state index contributed by atoms with van der Waals surface area (Å²) in [6.07, 6.45) is 0. The van der Waals surface area contributed by atoms with Gasteiger partial charge in [0, 0.05) is 13.6 Å². The second kappa shape index (κ2) is 7.19. The summed E-state index contributed by atoms with van der Waals surface area (Å²) in [6.45, 7) is 0.231. The fourth-order valence-electron chi connectivity index (χ4n) is 3.26. The van der Waals surface area contributed by atoms with Gasteiger partial charge in [-0.1, -0.05) is 12.1 Å². The Hall–Kier alpha value is -3.43. The largest absolute Gasteiger partial charge is 0.353 e. The average molecular weight is 405 g/mol. The van der Waals surface area contributed by atoms with Crippen LogP contribution in [-0.2, 0) is 6.54 Å². The van der Waals surface area contributed by atoms with Gasteiger partial charge in [-0.15, -0.1) is 0 Å². The molecule has 29 heavy (non-hydrogen) atoms. The zero-order valence-electron chi connectivity index (χ0n) is 15.2. The monoisotopic (exact) mass is 405 g/mol. The molecule has 1 unspecified atom stereocenters. The van der Waals surface area contributed by atoms with Gasteiger partial charge in [0.1, 0.15) is 5.82 Å². The van der Waals surface area contributed by atoms with Crippen LogP contribution in [0, 0.1) is 23.3 Å². The molecule has 0 aliphatic carbocycles. The third-order valence-corrected chi connectivity index (χ3v) is 4.68. The molecule has 2 aromatic carbocycles. The minimum Gasteiger partial charge on any atom is -0.351 e. The fourth-order valence-corrected chi connectivity index (χ4v) is 3.26. The van der Waals surface area contributed by atoms with Crippen molar-refractivity contribution in [3.05, 3.63) is 70.8 Å². The predicted molar refractivity (Wildman–Crippen MR) is 97.0 cm³/mol. The minimum atomic E-state index is -1.56. The molecule has 0 aromatic heterocycles. The van der Waals surface area contributed by atoms with Crippen LogP contribution in [0.1, 0.15) is 17.2 Å². The molecule has 2 aliphatic rings. The van der Waals surface area contributed by atoms with Crippen molar-refractivity contribution in [2.24, 2.45) is 9.98 Å². The van der Waals surface area contributed by atoms with Gasteiger partial charge in [0.2, 0.25) is 11.9 Å². The Kier molecular flexibility index (Phi) is 4.69. The molecule has 0 saturated carbocycles. The van der Waals surface area contributed by atoms with Gasteiger partial charge in [0.15, 0.2) is 17.5 Å². The van der Waals surface area contributed by atoms with Gasteiger partial charge in [0.05, 0.1) is 12.6 Å². The van der Waals surface area contributed by atoms with E-state index in [-0.39, 0.29) is 30.6 Å². The van der Waals surface area contributed by atoms with Crippen LogP contribution in [0.3, 0.4) is 0 Å². The van der Waals surface area contributed by atoms with Gasteiger partial charge in [-0.3, -0.25) is 9.80 Å². The van der Waals surface area contributed by atoms with E-state index in [2.05, 4.69) is 15.3 Å². The summed E-state index contributed by atoms with van der Waals surface area (Å²) in [4.78, 5) is 23.1. The zero-order chi connectivity index (χ0) is 20.7. The van der Waals surface area contributed by atoms with Crippen molar-refractivity contribution in [1.82, 2.24) is 15.1 Å². The van der Waals surface area contributed by atoms with Gasteiger partial charge >= 0.3 is 6.03 Å². The Morgan fingerprint density at radius 1 is 1.14 bits per heavy atom. The van der Waals surface area contributed by atoms with E-state index >= 15 is 0 Å². The lowest BCUT2D eigenvalue weighted by Gasteiger charge is -2.35. The Bertz CT molecular complexity index is 1030. The fraction of sp³-hybridized carbons (Fsp3) is 0.211. The molecule has 2 aliphatic heterocycles. The van der Waals surface area contributed by atoms with Gasteiger partial charge in [-0.2, -0.15) is 4.99 Å². The SMILES string of the molecule is CN1C(=O)N=C(NCc2cccc(F)c2)N2C1=NCC2c1cc(F)c(F)c(F)c1. The van der Waals surface area contributed by atoms with E-state index in [1.54, 1.807) is 12.1 Å². The van der Waals surface area contributed by atoms with Crippen molar-refractivity contribution in [2.45, 2.75) is 12.6 Å². The number of fused-ring (bicyclic) bond motifs is 1. The number of carbonyl (C=O) groups is 1. The molecule has 0 saturated heterocycles. The number of rotatable bonds is 3. The quantitative estimate of drug-likeness (QED) is 0.631. The van der Waals surface area contributed by atoms with Crippen LogP contribution >= 0.6 is 0 Å². The van der Waals surface area contributed by atoms with Gasteiger partial charge in [-0.05, 0) is 35.4 Å². The van der Waals surface area contributed by atoms with Gasteiger partial charge in [-0.25, -0.2) is 27.3 Å². The van der Waals surface area contributed by atoms with Crippen LogP contribution in [0.2, 0.25) is 0 Å². The Balaban J connectivity index is 1.66. The highest BCUT2D eigenvalue weighted by Crippen LogP contribution is 2.31. The number of benzene rings is 2. The molecule has 2 amide bonds. The Labute approximate surface area is 163 Å². The maximum Gasteiger partial charge on any atom is 0.353 e. The molecule has 1 N–H and O–H groups in total. The highest BCUT2D eigenvalue weighted by atomic mass is 19.2. The van der Waals surface area contributed by atoms with Crippen LogP contribution < -0.4 is 5.32 Å². The maximum atomic E-state index is 13.7. The number of nitrogens with one attached hydrogen (secondary N) is 1. The normalized spacial score (nSPS) is 18.5. The number of amides is 2. The Morgan fingerprint density at radius 3 is 2.55 bits per heavy atom. The van der Waals surface area contributed by atoms with Crippen molar-refractivity contribution in [3.8, 4) is 0 Å². The lowest BCUT2D eigenvalue weighted by molar-refractivity contribution is 0.229. The van der Waals surface area contributed by atoms with Crippen molar-refractivity contribution in [1.29, 1.82) is 0 Å². The van der Waals surface area contributed by atoms with Crippen molar-refractivity contribution in [3.63, 3.8) is 0 Å². The van der Waals surface area contributed by atoms with Crippen LogP contribution in [0.15, 0.2) is 46.4 Å². The molecule has 2 heterocycles. The summed E-state index contributed by atoms with van der Waals surface area (Å²) in [6, 6.07) is 6.36. The van der Waals surface area contributed by atoms with Crippen LogP contribution in [0.5, 0.6) is 0 Å². The molecule has 2 aromatic rings. The molecule has 0 spiro atoms. The number of urea groups is 1. The molecular formula is C19H15F4N5O. The van der Waals surface area contributed by atoms with E-state index in [0.717, 1.165) is 12.1 Å². The van der Waals surface area contributed by atoms with Crippen molar-refractivity contribution >= 4 is 18.0 Å². The average Bonchev–Trinajstić information content (AvgIpc) is 3.13. The number of hydrogen-bond acceptors (Lipinski definition) is 4. The first-order chi connectivity index (χ1) is 13.8. The molecule has 0 fully saturated rings. The molecule has 1 atom stereocenters. The Morgan fingerprint density at radius 2 is 1.86 bits per heavy atom. The van der Waals surface area contributed by atoms with E-state index in [4.69, 9.17) is 0 Å². The first-order valence-corrected chi connectivity index (χ1v) is 8.68. The predicted octanol–water partition coefficient (Wildman–Crippen LogP) is 3.17. The summed E-state index contributed by atoms with van der Waals surface area (Å²) >= 11 is 0. The minimum absolute atomic E-state index is 0.0815. The second-order valence-electron chi connectivity index (χ2n) is 6.59. The number of nitrogens with zero attached hydrogens (tertiary/aromatic N) is 4. The van der Waals surface area contributed by atoms with E-state index in [0.29, 0.717) is 5.56 Å². The molecule has 0 radical (unpaired) electrons. The first kappa shape index (κ1) is 18.9. The highest BCUT2D eigenvalue weighted by molar-refractivity contribution is 6.13. The maximum absolute atomic E-state index is 13.7. The van der Waals surface area contributed by atoms with Crippen LogP contribution in [-0.4, -0.2) is 41.3 Å². The highest BCUT2D eigenvalue weighted by Gasteiger charge is 2.40. The number of halogens is 4. The molecule has 10 heteroatoms. The number of guanidine groups is 2. The molecule has 6 nitrogen and oxygen atoms in total. The molecular weight excluding hydrogens is 390 g/mol. The third kappa shape index (κ3) is 3.41. The summed E-state index contributed by atoms with van der Waals surface area (Å²) in [7, 11) is 1.47. The summed E-state index contributed by atoms with van der Waals surface area (Å²) in [5.74, 6) is -4.27. The van der Waals surface area contributed by atoms with Crippen LogP contribution in [0.25, 0.3) is 0 Å². The summed E-state index contributed by atoms with van der Waals surface area (Å²) < 4.78 is 54.2. The van der Waals surface area contributed by atoms with Gasteiger partial charge in [0.25, 0.3) is 0 Å². The second-order valence-corrected chi connectivity index (χ2v) is 6.59.